The number of rotatable bonds is 2. The summed E-state index contributed by atoms with van der Waals surface area (Å²) < 4.78 is 5.75. The summed E-state index contributed by atoms with van der Waals surface area (Å²) in [5.41, 5.74) is 1.42. The van der Waals surface area contributed by atoms with Crippen LogP contribution in [0.25, 0.3) is 0 Å². The molecule has 0 radical (unpaired) electrons. The molecule has 6 bridgehead atoms. The highest BCUT2D eigenvalue weighted by Gasteiger charge is 2.46. The van der Waals surface area contributed by atoms with E-state index in [1.165, 1.54) is 11.8 Å². The van der Waals surface area contributed by atoms with Crippen LogP contribution in [0.5, 0.6) is 0 Å². The van der Waals surface area contributed by atoms with E-state index in [0.29, 0.717) is 25.1 Å². The van der Waals surface area contributed by atoms with Crippen molar-refractivity contribution in [3.8, 4) is 6.07 Å². The number of piperazine rings is 1. The van der Waals surface area contributed by atoms with E-state index in [2.05, 4.69) is 16.7 Å². The number of ether oxygens (including phenoxy) is 1. The first-order valence-electron chi connectivity index (χ1n) is 13.5. The highest BCUT2D eigenvalue weighted by atomic mass is 16.5. The van der Waals surface area contributed by atoms with Gasteiger partial charge in [0.2, 0.25) is 23.6 Å². The maximum Gasteiger partial charge on any atom is 0.244 e. The van der Waals surface area contributed by atoms with Crippen molar-refractivity contribution >= 4 is 23.6 Å². The molecule has 13 nitrogen and oxygen atoms in total. The summed E-state index contributed by atoms with van der Waals surface area (Å²) >= 11 is 0. The number of aliphatic hydroxyl groups excluding tert-OH is 2. The number of carbonyl (C=O) groups excluding carboxylic acids is 4. The van der Waals surface area contributed by atoms with Gasteiger partial charge in [0.05, 0.1) is 36.7 Å². The Morgan fingerprint density at radius 2 is 1.80 bits per heavy atom. The second-order valence-electron chi connectivity index (χ2n) is 10.9. The summed E-state index contributed by atoms with van der Waals surface area (Å²) in [5.74, 6) is -1.35. The lowest BCUT2D eigenvalue weighted by Gasteiger charge is -2.41. The second kappa shape index (κ2) is 11.5. The molecule has 1 aromatic carbocycles. The molecule has 0 aliphatic carbocycles. The van der Waals surface area contributed by atoms with Crippen molar-refractivity contribution in [2.24, 2.45) is 0 Å². The van der Waals surface area contributed by atoms with Crippen molar-refractivity contribution in [2.45, 2.75) is 68.9 Å². The topological polar surface area (TPSA) is 176 Å². The molecule has 5 rings (SSSR count). The van der Waals surface area contributed by atoms with Gasteiger partial charge in [0, 0.05) is 45.7 Å². The number of aliphatic hydroxyl groups is 2. The molecule has 7 atom stereocenters. The minimum Gasteiger partial charge on any atom is -0.388 e. The van der Waals surface area contributed by atoms with Crippen LogP contribution in [-0.2, 0) is 30.5 Å². The predicted molar refractivity (Wildman–Crippen MR) is 138 cm³/mol. The lowest BCUT2D eigenvalue weighted by molar-refractivity contribution is -0.149. The van der Waals surface area contributed by atoms with Gasteiger partial charge < -0.3 is 35.4 Å². The van der Waals surface area contributed by atoms with Crippen LogP contribution in [0.3, 0.4) is 0 Å². The fourth-order valence-electron chi connectivity index (χ4n) is 6.11. The van der Waals surface area contributed by atoms with Crippen molar-refractivity contribution in [2.75, 3.05) is 32.7 Å². The monoisotopic (exact) mass is 554 g/mol. The highest BCUT2D eigenvalue weighted by Crippen LogP contribution is 2.27. The Morgan fingerprint density at radius 3 is 2.50 bits per heavy atom. The molecular weight excluding hydrogens is 520 g/mol. The lowest BCUT2D eigenvalue weighted by Crippen LogP contribution is -2.63. The Morgan fingerprint density at radius 1 is 1.07 bits per heavy atom. The third-order valence-electron chi connectivity index (χ3n) is 8.25. The van der Waals surface area contributed by atoms with E-state index in [9.17, 15) is 29.4 Å². The highest BCUT2D eigenvalue weighted by molar-refractivity contribution is 5.89. The summed E-state index contributed by atoms with van der Waals surface area (Å²) in [7, 11) is 0. The fourth-order valence-corrected chi connectivity index (χ4v) is 6.11. The molecule has 40 heavy (non-hydrogen) atoms. The molecule has 4 fully saturated rings. The van der Waals surface area contributed by atoms with Crippen LogP contribution in [0.15, 0.2) is 24.3 Å². The van der Waals surface area contributed by atoms with Gasteiger partial charge in [-0.15, -0.1) is 0 Å². The number of amides is 4. The zero-order chi connectivity index (χ0) is 28.6. The molecule has 4 aliphatic heterocycles. The standard InChI is InChI=1S/C27H34N6O7/c1-15(34)33-7-6-31-14-20(33)26(38)29-11-22-25(37)24(36)21(40-22)9-23(35)30-18-8-19(27(31)39)32(13-18)12-17-4-2-16(10-28)3-5-17/h2-5,18-22,24-25,36-37H,6-9,11-14H2,1H3,(H,29,38)(H,30,35)/t18-,19-,20-,21-,22+,24-,25+/m0/s1. The molecule has 0 unspecified atom stereocenters. The number of likely N-dealkylation sites (tertiary alicyclic amines) is 1. The van der Waals surface area contributed by atoms with Gasteiger partial charge in [0.15, 0.2) is 0 Å². The van der Waals surface area contributed by atoms with Gasteiger partial charge in [-0.2, -0.15) is 5.26 Å². The van der Waals surface area contributed by atoms with E-state index >= 15 is 0 Å². The van der Waals surface area contributed by atoms with Crippen LogP contribution in [0.2, 0.25) is 0 Å². The van der Waals surface area contributed by atoms with Crippen LogP contribution in [0, 0.1) is 11.3 Å². The molecule has 4 N–H and O–H groups in total. The molecule has 1 aromatic rings. The quantitative estimate of drug-likeness (QED) is 0.313. The van der Waals surface area contributed by atoms with E-state index < -0.39 is 42.4 Å². The average molecular weight is 555 g/mol. The lowest BCUT2D eigenvalue weighted by atomic mass is 10.0. The zero-order valence-electron chi connectivity index (χ0n) is 22.2. The molecule has 4 aliphatic rings. The molecule has 4 saturated heterocycles. The maximum absolute atomic E-state index is 13.9. The Labute approximate surface area is 231 Å². The van der Waals surface area contributed by atoms with E-state index in [-0.39, 0.29) is 56.4 Å². The number of benzene rings is 1. The summed E-state index contributed by atoms with van der Waals surface area (Å²) in [4.78, 5) is 57.4. The van der Waals surface area contributed by atoms with Gasteiger partial charge in [-0.05, 0) is 24.1 Å². The minimum atomic E-state index is -1.31. The Hall–Kier alpha value is -3.57. The number of nitriles is 1. The molecule has 13 heteroatoms. The predicted octanol–water partition coefficient (Wildman–Crippen LogP) is -2.31. The number of carbonyl (C=O) groups is 4. The summed E-state index contributed by atoms with van der Waals surface area (Å²) in [6.07, 6.45) is -4.37. The molecule has 4 amide bonds. The van der Waals surface area contributed by atoms with E-state index in [4.69, 9.17) is 10.00 Å². The minimum absolute atomic E-state index is 0.00179. The van der Waals surface area contributed by atoms with Crippen LogP contribution in [-0.4, -0.2) is 124 Å². The maximum atomic E-state index is 13.9. The van der Waals surface area contributed by atoms with Crippen LogP contribution < -0.4 is 10.6 Å². The van der Waals surface area contributed by atoms with Crippen molar-refractivity contribution in [1.29, 1.82) is 5.26 Å². The van der Waals surface area contributed by atoms with Crippen LogP contribution in [0.4, 0.5) is 0 Å². The molecule has 0 spiro atoms. The zero-order valence-corrected chi connectivity index (χ0v) is 22.2. The van der Waals surface area contributed by atoms with Crippen molar-refractivity contribution in [3.63, 3.8) is 0 Å². The van der Waals surface area contributed by atoms with E-state index in [1.807, 2.05) is 17.0 Å². The molecule has 0 saturated carbocycles. The smallest absolute Gasteiger partial charge is 0.244 e. The Balaban J connectivity index is 1.42. The van der Waals surface area contributed by atoms with E-state index in [0.717, 1.165) is 5.56 Å². The normalized spacial score (nSPS) is 33.4. The fraction of sp³-hybridized carbons (Fsp3) is 0.593. The van der Waals surface area contributed by atoms with Gasteiger partial charge in [-0.25, -0.2) is 0 Å². The van der Waals surface area contributed by atoms with Gasteiger partial charge >= 0.3 is 0 Å². The van der Waals surface area contributed by atoms with Crippen LogP contribution >= 0.6 is 0 Å². The average Bonchev–Trinajstić information content (AvgIpc) is 3.45. The van der Waals surface area contributed by atoms with Gasteiger partial charge in [-0.3, -0.25) is 24.1 Å². The summed E-state index contributed by atoms with van der Waals surface area (Å²) in [5, 5.41) is 35.7. The third-order valence-corrected chi connectivity index (χ3v) is 8.25. The molecular formula is C27H34N6O7. The van der Waals surface area contributed by atoms with Crippen molar-refractivity contribution in [1.82, 2.24) is 25.3 Å². The first-order valence-corrected chi connectivity index (χ1v) is 13.5. The Kier molecular flexibility index (Phi) is 8.04. The van der Waals surface area contributed by atoms with Crippen molar-refractivity contribution in [3.05, 3.63) is 35.4 Å². The second-order valence-corrected chi connectivity index (χ2v) is 10.9. The number of hydrogen-bond acceptors (Lipinski definition) is 9. The number of nitrogens with one attached hydrogen (secondary N) is 2. The molecule has 4 heterocycles. The van der Waals surface area contributed by atoms with Crippen molar-refractivity contribution < 1.29 is 34.1 Å². The van der Waals surface area contributed by atoms with Crippen LogP contribution in [0.1, 0.15) is 30.9 Å². The Bertz CT molecular complexity index is 1200. The van der Waals surface area contributed by atoms with Gasteiger partial charge in [-0.1, -0.05) is 12.1 Å². The first-order chi connectivity index (χ1) is 19.1. The molecule has 214 valence electrons. The number of fused-ring (bicyclic) bond motifs is 6. The summed E-state index contributed by atoms with van der Waals surface area (Å²) in [6, 6.07) is 7.30. The number of nitrogens with zero attached hydrogens (tertiary/aromatic N) is 4. The SMILES string of the molecule is CC(=O)N1CCN2C[C@H]1C(=O)NC[C@H]1O[C@@H](CC(=O)N[C@H]3C[C@@H](C2=O)N(Cc2ccc(C#N)cc2)C3)[C@H](O)[C@@H]1O. The number of hydrogen-bond donors (Lipinski definition) is 4. The van der Waals surface area contributed by atoms with E-state index in [1.54, 1.807) is 17.0 Å². The molecule has 0 aromatic heterocycles. The third kappa shape index (κ3) is 5.66. The largest absolute Gasteiger partial charge is 0.388 e. The first kappa shape index (κ1) is 28.0. The van der Waals surface area contributed by atoms with Gasteiger partial charge in [0.25, 0.3) is 0 Å². The summed E-state index contributed by atoms with van der Waals surface area (Å²) in [6.45, 7) is 2.49. The van der Waals surface area contributed by atoms with Gasteiger partial charge in [0.1, 0.15) is 24.4 Å².